The Balaban J connectivity index is 2.01. The number of benzene rings is 1. The van der Waals surface area contributed by atoms with Crippen molar-refractivity contribution >= 4 is 0 Å². The minimum atomic E-state index is 0.221. The molecule has 0 aromatic heterocycles. The SMILES string of the molecule is CCCOc1cccc(CN2CCNCC2(C)C)c1. The lowest BCUT2D eigenvalue weighted by molar-refractivity contribution is 0.0826. The van der Waals surface area contributed by atoms with Gasteiger partial charge in [0.2, 0.25) is 0 Å². The van der Waals surface area contributed by atoms with E-state index in [1.54, 1.807) is 0 Å². The zero-order valence-corrected chi connectivity index (χ0v) is 12.4. The summed E-state index contributed by atoms with van der Waals surface area (Å²) in [6.45, 7) is 11.8. The van der Waals surface area contributed by atoms with E-state index in [0.717, 1.165) is 45.0 Å². The number of hydrogen-bond acceptors (Lipinski definition) is 3. The summed E-state index contributed by atoms with van der Waals surface area (Å²) < 4.78 is 5.71. The molecule has 19 heavy (non-hydrogen) atoms. The molecule has 2 rings (SSSR count). The molecular weight excluding hydrogens is 236 g/mol. The molecule has 1 aromatic rings. The van der Waals surface area contributed by atoms with E-state index in [0.29, 0.717) is 0 Å². The summed E-state index contributed by atoms with van der Waals surface area (Å²) in [7, 11) is 0. The zero-order valence-electron chi connectivity index (χ0n) is 12.4. The van der Waals surface area contributed by atoms with Crippen LogP contribution in [-0.2, 0) is 6.54 Å². The third-order valence-electron chi connectivity index (χ3n) is 3.72. The fourth-order valence-electron chi connectivity index (χ4n) is 2.49. The minimum Gasteiger partial charge on any atom is -0.494 e. The van der Waals surface area contributed by atoms with Crippen molar-refractivity contribution in [2.24, 2.45) is 0 Å². The van der Waals surface area contributed by atoms with Crippen molar-refractivity contribution in [3.8, 4) is 5.75 Å². The van der Waals surface area contributed by atoms with Crippen LogP contribution in [0, 0.1) is 0 Å². The molecule has 0 amide bonds. The van der Waals surface area contributed by atoms with Crippen LogP contribution in [-0.4, -0.2) is 36.7 Å². The second-order valence-electron chi connectivity index (χ2n) is 5.91. The standard InChI is InChI=1S/C16H26N2O/c1-4-10-19-15-7-5-6-14(11-15)12-18-9-8-17-13-16(18,2)3/h5-7,11,17H,4,8-10,12-13H2,1-3H3. The Hall–Kier alpha value is -1.06. The quantitative estimate of drug-likeness (QED) is 0.883. The van der Waals surface area contributed by atoms with Crippen LogP contribution in [0.2, 0.25) is 0 Å². The average Bonchev–Trinajstić information content (AvgIpc) is 2.39. The lowest BCUT2D eigenvalue weighted by Gasteiger charge is -2.42. The van der Waals surface area contributed by atoms with Crippen LogP contribution in [0.15, 0.2) is 24.3 Å². The van der Waals surface area contributed by atoms with Gasteiger partial charge in [0.25, 0.3) is 0 Å². The van der Waals surface area contributed by atoms with Crippen LogP contribution in [0.5, 0.6) is 5.75 Å². The first kappa shape index (κ1) is 14.4. The van der Waals surface area contributed by atoms with Crippen molar-refractivity contribution < 1.29 is 4.74 Å². The van der Waals surface area contributed by atoms with Crippen LogP contribution < -0.4 is 10.1 Å². The maximum absolute atomic E-state index is 5.71. The summed E-state index contributed by atoms with van der Waals surface area (Å²) in [6, 6.07) is 8.50. The summed E-state index contributed by atoms with van der Waals surface area (Å²) in [6.07, 6.45) is 1.05. The van der Waals surface area contributed by atoms with E-state index >= 15 is 0 Å². The van der Waals surface area contributed by atoms with E-state index in [4.69, 9.17) is 4.74 Å². The average molecular weight is 262 g/mol. The van der Waals surface area contributed by atoms with Gasteiger partial charge in [0.15, 0.2) is 0 Å². The highest BCUT2D eigenvalue weighted by atomic mass is 16.5. The monoisotopic (exact) mass is 262 g/mol. The van der Waals surface area contributed by atoms with Crippen LogP contribution in [0.4, 0.5) is 0 Å². The second-order valence-corrected chi connectivity index (χ2v) is 5.91. The predicted octanol–water partition coefficient (Wildman–Crippen LogP) is 2.66. The number of rotatable bonds is 5. The Bertz CT molecular complexity index is 403. The van der Waals surface area contributed by atoms with Crippen molar-refractivity contribution in [2.45, 2.75) is 39.3 Å². The van der Waals surface area contributed by atoms with E-state index in [2.05, 4.69) is 49.2 Å². The predicted molar refractivity (Wildman–Crippen MR) is 79.6 cm³/mol. The highest BCUT2D eigenvalue weighted by molar-refractivity contribution is 5.28. The van der Waals surface area contributed by atoms with Gasteiger partial charge < -0.3 is 10.1 Å². The highest BCUT2D eigenvalue weighted by Crippen LogP contribution is 2.21. The first-order chi connectivity index (χ1) is 9.12. The first-order valence-corrected chi connectivity index (χ1v) is 7.29. The molecule has 1 aromatic carbocycles. The van der Waals surface area contributed by atoms with Crippen molar-refractivity contribution in [3.05, 3.63) is 29.8 Å². The van der Waals surface area contributed by atoms with E-state index in [1.165, 1.54) is 5.56 Å². The van der Waals surface area contributed by atoms with Crippen molar-refractivity contribution in [3.63, 3.8) is 0 Å². The van der Waals surface area contributed by atoms with E-state index in [1.807, 2.05) is 6.07 Å². The molecule has 0 bridgehead atoms. The van der Waals surface area contributed by atoms with E-state index in [9.17, 15) is 0 Å². The van der Waals surface area contributed by atoms with Gasteiger partial charge in [-0.15, -0.1) is 0 Å². The summed E-state index contributed by atoms with van der Waals surface area (Å²) in [5.74, 6) is 0.993. The van der Waals surface area contributed by atoms with Crippen LogP contribution in [0.3, 0.4) is 0 Å². The Morgan fingerprint density at radius 1 is 1.37 bits per heavy atom. The van der Waals surface area contributed by atoms with Crippen molar-refractivity contribution in [1.82, 2.24) is 10.2 Å². The van der Waals surface area contributed by atoms with Crippen LogP contribution in [0.1, 0.15) is 32.8 Å². The second kappa shape index (κ2) is 6.40. The molecule has 1 saturated heterocycles. The molecule has 1 fully saturated rings. The number of nitrogens with one attached hydrogen (secondary N) is 1. The molecule has 3 heteroatoms. The summed E-state index contributed by atoms with van der Waals surface area (Å²) >= 11 is 0. The molecule has 0 saturated carbocycles. The minimum absolute atomic E-state index is 0.221. The zero-order chi connectivity index (χ0) is 13.7. The summed E-state index contributed by atoms with van der Waals surface area (Å²) in [5.41, 5.74) is 1.56. The molecule has 1 aliphatic heterocycles. The van der Waals surface area contributed by atoms with Gasteiger partial charge >= 0.3 is 0 Å². The number of nitrogens with zero attached hydrogens (tertiary/aromatic N) is 1. The maximum atomic E-state index is 5.71. The molecule has 0 aliphatic carbocycles. The number of hydrogen-bond donors (Lipinski definition) is 1. The Kier molecular flexibility index (Phi) is 4.83. The lowest BCUT2D eigenvalue weighted by Crippen LogP contribution is -2.57. The molecule has 0 atom stereocenters. The van der Waals surface area contributed by atoms with Gasteiger partial charge in [-0.1, -0.05) is 19.1 Å². The van der Waals surface area contributed by atoms with Gasteiger partial charge in [0.05, 0.1) is 6.61 Å². The maximum Gasteiger partial charge on any atom is 0.119 e. The summed E-state index contributed by atoms with van der Waals surface area (Å²) in [5, 5.41) is 3.46. The highest BCUT2D eigenvalue weighted by Gasteiger charge is 2.29. The van der Waals surface area contributed by atoms with Gasteiger partial charge in [-0.25, -0.2) is 0 Å². The van der Waals surface area contributed by atoms with Crippen molar-refractivity contribution in [2.75, 3.05) is 26.2 Å². The fourth-order valence-corrected chi connectivity index (χ4v) is 2.49. The van der Waals surface area contributed by atoms with Gasteiger partial charge in [-0.05, 0) is 38.0 Å². The van der Waals surface area contributed by atoms with Crippen molar-refractivity contribution in [1.29, 1.82) is 0 Å². The largest absolute Gasteiger partial charge is 0.494 e. The third kappa shape index (κ3) is 3.95. The molecule has 0 unspecified atom stereocenters. The molecule has 1 aliphatic rings. The Labute approximate surface area is 116 Å². The molecule has 3 nitrogen and oxygen atoms in total. The third-order valence-corrected chi connectivity index (χ3v) is 3.72. The molecular formula is C16H26N2O. The smallest absolute Gasteiger partial charge is 0.119 e. The van der Waals surface area contributed by atoms with Gasteiger partial charge in [-0.3, -0.25) is 4.90 Å². The number of piperazine rings is 1. The molecule has 1 heterocycles. The van der Waals surface area contributed by atoms with Gasteiger partial charge in [-0.2, -0.15) is 0 Å². The van der Waals surface area contributed by atoms with E-state index < -0.39 is 0 Å². The Morgan fingerprint density at radius 3 is 2.95 bits per heavy atom. The first-order valence-electron chi connectivity index (χ1n) is 7.29. The Morgan fingerprint density at radius 2 is 2.21 bits per heavy atom. The topological polar surface area (TPSA) is 24.5 Å². The normalized spacial score (nSPS) is 19.3. The molecule has 0 radical (unpaired) electrons. The van der Waals surface area contributed by atoms with E-state index in [-0.39, 0.29) is 5.54 Å². The van der Waals surface area contributed by atoms with Gasteiger partial charge in [0.1, 0.15) is 5.75 Å². The molecule has 0 spiro atoms. The van der Waals surface area contributed by atoms with Crippen LogP contribution in [0.25, 0.3) is 0 Å². The lowest BCUT2D eigenvalue weighted by atomic mass is 9.99. The number of ether oxygens (including phenoxy) is 1. The molecule has 106 valence electrons. The van der Waals surface area contributed by atoms with Crippen LogP contribution >= 0.6 is 0 Å². The summed E-state index contributed by atoms with van der Waals surface area (Å²) in [4.78, 5) is 2.54. The van der Waals surface area contributed by atoms with Gasteiger partial charge in [0, 0.05) is 31.7 Å². The molecule has 1 N–H and O–H groups in total. The fraction of sp³-hybridized carbons (Fsp3) is 0.625.